The molecule has 24 heavy (non-hydrogen) atoms. The van der Waals surface area contributed by atoms with Crippen molar-refractivity contribution in [1.29, 1.82) is 0 Å². The number of hydrogen-bond acceptors (Lipinski definition) is 5. The van der Waals surface area contributed by atoms with E-state index >= 15 is 0 Å². The fourth-order valence-corrected chi connectivity index (χ4v) is 2.91. The summed E-state index contributed by atoms with van der Waals surface area (Å²) in [7, 11) is -3.86. The van der Waals surface area contributed by atoms with E-state index in [1.165, 1.54) is 18.2 Å². The Balaban J connectivity index is 1.74. The van der Waals surface area contributed by atoms with E-state index in [1.807, 2.05) is 0 Å². The highest BCUT2D eigenvalue weighted by atomic mass is 32.2. The molecule has 0 saturated heterocycles. The van der Waals surface area contributed by atoms with Crippen LogP contribution in [0.4, 0.5) is 8.78 Å². The van der Waals surface area contributed by atoms with Gasteiger partial charge in [0, 0.05) is 0 Å². The molecule has 9 heteroatoms. The average molecular weight is 351 g/mol. The van der Waals surface area contributed by atoms with Gasteiger partial charge in [0.2, 0.25) is 21.7 Å². The molecule has 6 nitrogen and oxygen atoms in total. The van der Waals surface area contributed by atoms with Gasteiger partial charge in [-0.05, 0) is 36.4 Å². The third kappa shape index (κ3) is 3.47. The second kappa shape index (κ2) is 6.46. The molecule has 0 aliphatic rings. The summed E-state index contributed by atoms with van der Waals surface area (Å²) in [5.41, 5.74) is 0.147. The van der Waals surface area contributed by atoms with Gasteiger partial charge in [-0.25, -0.2) is 21.9 Å². The monoisotopic (exact) mass is 351 g/mol. The third-order valence-corrected chi connectivity index (χ3v) is 4.54. The van der Waals surface area contributed by atoms with Gasteiger partial charge in [-0.2, -0.15) is 4.98 Å². The van der Waals surface area contributed by atoms with E-state index in [0.717, 1.165) is 24.3 Å². The van der Waals surface area contributed by atoms with Gasteiger partial charge in [-0.1, -0.05) is 17.3 Å². The number of nitrogens with one attached hydrogen (secondary N) is 1. The van der Waals surface area contributed by atoms with Gasteiger partial charge < -0.3 is 4.52 Å². The molecular formula is C15H11F2N3O3S. The third-order valence-electron chi connectivity index (χ3n) is 3.12. The second-order valence-electron chi connectivity index (χ2n) is 4.77. The molecule has 0 fully saturated rings. The maximum absolute atomic E-state index is 13.6. The quantitative estimate of drug-likeness (QED) is 0.763. The van der Waals surface area contributed by atoms with Crippen LogP contribution in [0.25, 0.3) is 11.4 Å². The zero-order chi connectivity index (χ0) is 17.2. The molecule has 1 N–H and O–H groups in total. The first-order valence-corrected chi connectivity index (χ1v) is 8.27. The lowest BCUT2D eigenvalue weighted by atomic mass is 10.2. The largest absolute Gasteiger partial charge is 0.338 e. The van der Waals surface area contributed by atoms with Gasteiger partial charge in [0.15, 0.2) is 0 Å². The Morgan fingerprint density at radius 3 is 2.46 bits per heavy atom. The van der Waals surface area contributed by atoms with E-state index in [0.29, 0.717) is 0 Å². The summed E-state index contributed by atoms with van der Waals surface area (Å²) >= 11 is 0. The number of nitrogens with zero attached hydrogens (tertiary/aromatic N) is 2. The topological polar surface area (TPSA) is 85.1 Å². The smallest absolute Gasteiger partial charge is 0.242 e. The highest BCUT2D eigenvalue weighted by Gasteiger charge is 2.17. The molecule has 0 spiro atoms. The van der Waals surface area contributed by atoms with Gasteiger partial charge in [0.05, 0.1) is 17.0 Å². The van der Waals surface area contributed by atoms with Crippen molar-refractivity contribution >= 4 is 10.0 Å². The van der Waals surface area contributed by atoms with Crippen molar-refractivity contribution in [2.45, 2.75) is 11.4 Å². The number of hydrogen-bond donors (Lipinski definition) is 1. The van der Waals surface area contributed by atoms with Crippen LogP contribution in [0.3, 0.4) is 0 Å². The molecule has 1 aromatic heterocycles. The van der Waals surface area contributed by atoms with Crippen LogP contribution >= 0.6 is 0 Å². The summed E-state index contributed by atoms with van der Waals surface area (Å²) in [6.07, 6.45) is 0. The molecule has 0 amide bonds. The Morgan fingerprint density at radius 2 is 1.75 bits per heavy atom. The van der Waals surface area contributed by atoms with Crippen LogP contribution in [-0.4, -0.2) is 18.6 Å². The van der Waals surface area contributed by atoms with Crippen LogP contribution in [0.5, 0.6) is 0 Å². The predicted octanol–water partition coefficient (Wildman–Crippen LogP) is 2.49. The van der Waals surface area contributed by atoms with E-state index < -0.39 is 21.7 Å². The fourth-order valence-electron chi connectivity index (χ4n) is 1.93. The Kier molecular flexibility index (Phi) is 4.36. The van der Waals surface area contributed by atoms with Crippen LogP contribution in [0, 0.1) is 11.6 Å². The fraction of sp³-hybridized carbons (Fsp3) is 0.0667. The number of benzene rings is 2. The number of sulfonamides is 1. The molecule has 124 valence electrons. The first-order valence-electron chi connectivity index (χ1n) is 6.78. The predicted molar refractivity (Wildman–Crippen MR) is 80.1 cm³/mol. The van der Waals surface area contributed by atoms with Crippen LogP contribution in [0.2, 0.25) is 0 Å². The lowest BCUT2D eigenvalue weighted by molar-refractivity contribution is 0.375. The number of aromatic nitrogens is 2. The summed E-state index contributed by atoms with van der Waals surface area (Å²) < 4.78 is 57.8. The first kappa shape index (κ1) is 16.2. The SMILES string of the molecule is O=S(=O)(NCc1nc(-c2ccccc2F)no1)c1ccc(F)cc1. The maximum Gasteiger partial charge on any atom is 0.242 e. The van der Waals surface area contributed by atoms with Gasteiger partial charge in [-0.15, -0.1) is 0 Å². The van der Waals surface area contributed by atoms with E-state index in [1.54, 1.807) is 6.07 Å². The Labute approximate surface area is 136 Å². The molecule has 0 aliphatic heterocycles. The second-order valence-corrected chi connectivity index (χ2v) is 6.54. The summed E-state index contributed by atoms with van der Waals surface area (Å²) in [6, 6.07) is 10.2. The Morgan fingerprint density at radius 1 is 1.04 bits per heavy atom. The number of rotatable bonds is 5. The van der Waals surface area contributed by atoms with Gasteiger partial charge in [-0.3, -0.25) is 0 Å². The van der Waals surface area contributed by atoms with Crippen molar-refractivity contribution in [2.75, 3.05) is 0 Å². The molecule has 0 bridgehead atoms. The Bertz CT molecular complexity index is 956. The van der Waals surface area contributed by atoms with Crippen molar-refractivity contribution in [3.63, 3.8) is 0 Å². The van der Waals surface area contributed by atoms with Gasteiger partial charge in [0.1, 0.15) is 11.6 Å². The van der Waals surface area contributed by atoms with E-state index in [-0.39, 0.29) is 28.7 Å². The molecule has 1 heterocycles. The van der Waals surface area contributed by atoms with Crippen LogP contribution in [0.15, 0.2) is 57.9 Å². The molecular weight excluding hydrogens is 340 g/mol. The standard InChI is InChI=1S/C15H11F2N3O3S/c16-10-5-7-11(8-6-10)24(21,22)18-9-14-19-15(20-23-14)12-3-1-2-4-13(12)17/h1-8,18H,9H2. The summed E-state index contributed by atoms with van der Waals surface area (Å²) in [6.45, 7) is -0.277. The minimum atomic E-state index is -3.86. The molecule has 3 aromatic rings. The molecule has 0 radical (unpaired) electrons. The normalized spacial score (nSPS) is 11.6. The number of halogens is 2. The van der Waals surface area contributed by atoms with E-state index in [2.05, 4.69) is 14.9 Å². The van der Waals surface area contributed by atoms with Crippen molar-refractivity contribution < 1.29 is 21.7 Å². The summed E-state index contributed by atoms with van der Waals surface area (Å²) in [4.78, 5) is 3.85. The van der Waals surface area contributed by atoms with Gasteiger partial charge >= 0.3 is 0 Å². The highest BCUT2D eigenvalue weighted by molar-refractivity contribution is 7.89. The maximum atomic E-state index is 13.6. The average Bonchev–Trinajstić information content (AvgIpc) is 3.03. The Hall–Kier alpha value is -2.65. The van der Waals surface area contributed by atoms with E-state index in [4.69, 9.17) is 4.52 Å². The summed E-state index contributed by atoms with van der Waals surface area (Å²) in [5.74, 6) is -1.07. The van der Waals surface area contributed by atoms with Crippen LogP contribution < -0.4 is 4.72 Å². The van der Waals surface area contributed by atoms with Crippen molar-refractivity contribution in [1.82, 2.24) is 14.9 Å². The zero-order valence-electron chi connectivity index (χ0n) is 12.1. The minimum absolute atomic E-state index is 0.0177. The lowest BCUT2D eigenvalue weighted by Crippen LogP contribution is -2.23. The first-order chi connectivity index (χ1) is 11.5. The minimum Gasteiger partial charge on any atom is -0.338 e. The van der Waals surface area contributed by atoms with Crippen LogP contribution in [-0.2, 0) is 16.6 Å². The molecule has 3 rings (SSSR count). The molecule has 2 aromatic carbocycles. The molecule has 0 aliphatic carbocycles. The van der Waals surface area contributed by atoms with Crippen molar-refractivity contribution in [3.8, 4) is 11.4 Å². The van der Waals surface area contributed by atoms with Gasteiger partial charge in [0.25, 0.3) is 0 Å². The van der Waals surface area contributed by atoms with Crippen molar-refractivity contribution in [3.05, 3.63) is 66.1 Å². The molecule has 0 saturated carbocycles. The summed E-state index contributed by atoms with van der Waals surface area (Å²) in [5, 5.41) is 3.62. The zero-order valence-corrected chi connectivity index (χ0v) is 12.9. The lowest BCUT2D eigenvalue weighted by Gasteiger charge is -2.04. The van der Waals surface area contributed by atoms with Crippen LogP contribution in [0.1, 0.15) is 5.89 Å². The highest BCUT2D eigenvalue weighted by Crippen LogP contribution is 2.19. The van der Waals surface area contributed by atoms with Crippen molar-refractivity contribution in [2.24, 2.45) is 0 Å². The molecule has 0 unspecified atom stereocenters. The van der Waals surface area contributed by atoms with E-state index in [9.17, 15) is 17.2 Å². The molecule has 0 atom stereocenters.